The van der Waals surface area contributed by atoms with Crippen molar-refractivity contribution < 1.29 is 23.1 Å². The summed E-state index contributed by atoms with van der Waals surface area (Å²) < 4.78 is 39.4. The van der Waals surface area contributed by atoms with Crippen molar-refractivity contribution in [2.75, 3.05) is 18.0 Å². The number of anilines is 1. The molecule has 188 valence electrons. The predicted molar refractivity (Wildman–Crippen MR) is 129 cm³/mol. The van der Waals surface area contributed by atoms with E-state index in [9.17, 15) is 18.3 Å². The lowest BCUT2D eigenvalue weighted by Gasteiger charge is -2.33. The standard InChI is InChI=1S/C27H32F3N3O2/c1-2-22-15-23-24(32-35-22)13-19(17-6-3-7-18(12-17)26(34)27(28,29)30)14-25(23)33-11-5-10-21(33)16-31-20-8-4-9-20/h3,6-7,12-15,20-22,26,31,34H,2,4-5,8-11,16H2,1H3. The minimum absolute atomic E-state index is 0.105. The molecule has 0 amide bonds. The molecular formula is C27H32F3N3O2. The monoisotopic (exact) mass is 487 g/mol. The van der Waals surface area contributed by atoms with Crippen LogP contribution in [0.15, 0.2) is 41.6 Å². The number of benzene rings is 2. The Hall–Kier alpha value is -2.58. The second-order valence-corrected chi connectivity index (χ2v) is 9.83. The average molecular weight is 488 g/mol. The van der Waals surface area contributed by atoms with Gasteiger partial charge < -0.3 is 20.2 Å². The zero-order valence-electron chi connectivity index (χ0n) is 19.9. The van der Waals surface area contributed by atoms with E-state index in [1.165, 1.54) is 31.4 Å². The van der Waals surface area contributed by atoms with Crippen molar-refractivity contribution in [1.82, 2.24) is 5.32 Å². The van der Waals surface area contributed by atoms with Gasteiger partial charge in [-0.05, 0) is 73.1 Å². The molecule has 1 saturated carbocycles. The Morgan fingerprint density at radius 2 is 1.97 bits per heavy atom. The van der Waals surface area contributed by atoms with Crippen LogP contribution in [0.5, 0.6) is 0 Å². The van der Waals surface area contributed by atoms with Crippen molar-refractivity contribution in [2.24, 2.45) is 5.16 Å². The normalized spacial score (nSPS) is 23.1. The fourth-order valence-electron chi connectivity index (χ4n) is 5.16. The number of aliphatic hydroxyl groups is 1. The summed E-state index contributed by atoms with van der Waals surface area (Å²) in [7, 11) is 0. The quantitative estimate of drug-likeness (QED) is 0.615. The largest absolute Gasteiger partial charge is 0.418 e. The molecule has 3 unspecified atom stereocenters. The molecule has 2 N–H and O–H groups in total. The van der Waals surface area contributed by atoms with Crippen LogP contribution in [0.4, 0.5) is 18.9 Å². The van der Waals surface area contributed by atoms with Gasteiger partial charge in [-0.3, -0.25) is 0 Å². The highest BCUT2D eigenvalue weighted by Gasteiger charge is 2.39. The van der Waals surface area contributed by atoms with Crippen molar-refractivity contribution in [2.45, 2.75) is 75.9 Å². The number of halogens is 3. The number of nitrogens with one attached hydrogen (secondary N) is 1. The number of hydrogen-bond donors (Lipinski definition) is 2. The van der Waals surface area contributed by atoms with E-state index in [4.69, 9.17) is 4.84 Å². The second kappa shape index (κ2) is 9.82. The number of fused-ring (bicyclic) bond motifs is 1. The Morgan fingerprint density at radius 3 is 2.69 bits per heavy atom. The summed E-state index contributed by atoms with van der Waals surface area (Å²) in [6.45, 7) is 3.89. The topological polar surface area (TPSA) is 57.1 Å². The highest BCUT2D eigenvalue weighted by molar-refractivity contribution is 5.71. The first-order valence-corrected chi connectivity index (χ1v) is 12.6. The lowest BCUT2D eigenvalue weighted by molar-refractivity contribution is -0.206. The van der Waals surface area contributed by atoms with Crippen molar-refractivity contribution in [1.29, 1.82) is 0 Å². The van der Waals surface area contributed by atoms with Crippen molar-refractivity contribution in [3.8, 4) is 11.1 Å². The van der Waals surface area contributed by atoms with Crippen molar-refractivity contribution in [3.63, 3.8) is 0 Å². The first-order chi connectivity index (χ1) is 16.8. The van der Waals surface area contributed by atoms with Gasteiger partial charge in [-0.1, -0.05) is 36.7 Å². The fraction of sp³-hybridized carbons (Fsp3) is 0.519. The van der Waals surface area contributed by atoms with Gasteiger partial charge in [0.2, 0.25) is 0 Å². The minimum Gasteiger partial charge on any atom is -0.388 e. The maximum absolute atomic E-state index is 13.1. The SMILES string of the molecule is CCC1C=c2c(N3CCCC3CNC3CCC3)cc(-c3cccc(C(O)C(F)(F)F)c3)cc2=NO1. The number of hydrogen-bond acceptors (Lipinski definition) is 5. The molecule has 0 bridgehead atoms. The van der Waals surface area contributed by atoms with Gasteiger partial charge in [0, 0.05) is 36.1 Å². The molecule has 0 spiro atoms. The summed E-state index contributed by atoms with van der Waals surface area (Å²) in [5.41, 5.74) is 2.22. The van der Waals surface area contributed by atoms with E-state index in [1.807, 2.05) is 13.0 Å². The van der Waals surface area contributed by atoms with Crippen LogP contribution in [0.25, 0.3) is 17.2 Å². The third-order valence-corrected chi connectivity index (χ3v) is 7.46. The van der Waals surface area contributed by atoms with Gasteiger partial charge in [-0.15, -0.1) is 0 Å². The summed E-state index contributed by atoms with van der Waals surface area (Å²) >= 11 is 0. The van der Waals surface area contributed by atoms with Crippen molar-refractivity contribution in [3.05, 3.63) is 52.5 Å². The Balaban J connectivity index is 1.55. The Labute approximate surface area is 203 Å². The lowest BCUT2D eigenvalue weighted by Crippen LogP contribution is -2.47. The number of rotatable bonds is 7. The smallest absolute Gasteiger partial charge is 0.388 e. The summed E-state index contributed by atoms with van der Waals surface area (Å²) in [6, 6.07) is 10.9. The maximum atomic E-state index is 13.1. The van der Waals surface area contributed by atoms with Crippen LogP contribution in [-0.2, 0) is 4.84 Å². The Kier molecular flexibility index (Phi) is 6.77. The third kappa shape index (κ3) is 5.05. The lowest BCUT2D eigenvalue weighted by atomic mass is 9.93. The molecular weight excluding hydrogens is 455 g/mol. The zero-order chi connectivity index (χ0) is 24.6. The molecule has 5 rings (SSSR count). The molecule has 8 heteroatoms. The van der Waals surface area contributed by atoms with Gasteiger partial charge in [0.1, 0.15) is 11.5 Å². The molecule has 2 heterocycles. The fourth-order valence-corrected chi connectivity index (χ4v) is 5.16. The molecule has 0 radical (unpaired) electrons. The van der Waals surface area contributed by atoms with E-state index in [2.05, 4.69) is 27.5 Å². The Bertz CT molecular complexity index is 1180. The molecule has 1 saturated heterocycles. The van der Waals surface area contributed by atoms with Crippen LogP contribution in [0.2, 0.25) is 0 Å². The second-order valence-electron chi connectivity index (χ2n) is 9.83. The van der Waals surface area contributed by atoms with Gasteiger partial charge in [0.25, 0.3) is 0 Å². The molecule has 3 aliphatic rings. The first-order valence-electron chi connectivity index (χ1n) is 12.6. The minimum atomic E-state index is -4.72. The predicted octanol–water partition coefficient (Wildman–Crippen LogP) is 4.18. The molecule has 1 aliphatic carbocycles. The van der Waals surface area contributed by atoms with Crippen LogP contribution < -0.4 is 20.8 Å². The highest BCUT2D eigenvalue weighted by Crippen LogP contribution is 2.35. The van der Waals surface area contributed by atoms with Crippen LogP contribution >= 0.6 is 0 Å². The summed E-state index contributed by atoms with van der Waals surface area (Å²) in [6.07, 6.45) is 1.51. The maximum Gasteiger partial charge on any atom is 0.418 e. The van der Waals surface area contributed by atoms with Crippen LogP contribution in [0.1, 0.15) is 57.1 Å². The van der Waals surface area contributed by atoms with Crippen LogP contribution in [0, 0.1) is 0 Å². The number of alkyl halides is 3. The van der Waals surface area contributed by atoms with E-state index < -0.39 is 12.3 Å². The summed E-state index contributed by atoms with van der Waals surface area (Å²) in [5, 5.41) is 19.6. The molecule has 35 heavy (non-hydrogen) atoms. The van der Waals surface area contributed by atoms with Crippen molar-refractivity contribution >= 4 is 11.8 Å². The van der Waals surface area contributed by atoms with E-state index in [1.54, 1.807) is 12.1 Å². The van der Waals surface area contributed by atoms with Crippen LogP contribution in [-0.4, -0.2) is 42.6 Å². The molecule has 5 nitrogen and oxygen atoms in total. The van der Waals surface area contributed by atoms with Crippen LogP contribution in [0.3, 0.4) is 0 Å². The molecule has 2 aromatic carbocycles. The van der Waals surface area contributed by atoms with Gasteiger partial charge in [0.15, 0.2) is 6.10 Å². The highest BCUT2D eigenvalue weighted by atomic mass is 19.4. The van der Waals surface area contributed by atoms with Gasteiger partial charge >= 0.3 is 6.18 Å². The number of nitrogens with zero attached hydrogens (tertiary/aromatic N) is 2. The summed E-state index contributed by atoms with van der Waals surface area (Å²) in [5.74, 6) is 0. The molecule has 2 fully saturated rings. The zero-order valence-corrected chi connectivity index (χ0v) is 19.9. The van der Waals surface area contributed by atoms with E-state index in [-0.39, 0.29) is 11.7 Å². The van der Waals surface area contributed by atoms with E-state index in [0.29, 0.717) is 23.0 Å². The van der Waals surface area contributed by atoms with Gasteiger partial charge in [-0.25, -0.2) is 0 Å². The van der Waals surface area contributed by atoms with E-state index >= 15 is 0 Å². The molecule has 3 atom stereocenters. The number of aliphatic hydroxyl groups excluding tert-OH is 1. The molecule has 0 aromatic heterocycles. The van der Waals surface area contributed by atoms with Gasteiger partial charge in [0.05, 0.1) is 0 Å². The first kappa shape index (κ1) is 24.1. The average Bonchev–Trinajstić information content (AvgIpc) is 3.29. The third-order valence-electron chi connectivity index (χ3n) is 7.46. The molecule has 2 aromatic rings. The van der Waals surface area contributed by atoms with E-state index in [0.717, 1.165) is 48.8 Å². The van der Waals surface area contributed by atoms with Gasteiger partial charge in [-0.2, -0.15) is 13.2 Å². The molecule has 2 aliphatic heterocycles. The summed E-state index contributed by atoms with van der Waals surface area (Å²) in [4.78, 5) is 8.07. The Morgan fingerprint density at radius 1 is 1.14 bits per heavy atom.